The second kappa shape index (κ2) is 14.4. The van der Waals surface area contributed by atoms with Crippen LogP contribution in [0.2, 0.25) is 0 Å². The van der Waals surface area contributed by atoms with Crippen molar-refractivity contribution in [3.63, 3.8) is 0 Å². The quantitative estimate of drug-likeness (QED) is 0.166. The van der Waals surface area contributed by atoms with Gasteiger partial charge in [0.15, 0.2) is 17.5 Å². The summed E-state index contributed by atoms with van der Waals surface area (Å²) >= 11 is 0. The maximum Gasteiger partial charge on any atom is 0.164 e. The van der Waals surface area contributed by atoms with Crippen molar-refractivity contribution in [3.05, 3.63) is 207 Å². The maximum absolute atomic E-state index is 6.55. The van der Waals surface area contributed by atoms with Gasteiger partial charge in [0.1, 0.15) is 22.3 Å². The van der Waals surface area contributed by atoms with E-state index in [2.05, 4.69) is 157 Å². The van der Waals surface area contributed by atoms with E-state index in [9.17, 15) is 0 Å². The highest BCUT2D eigenvalue weighted by Crippen LogP contribution is 2.41. The molecule has 0 fully saturated rings. The van der Waals surface area contributed by atoms with Gasteiger partial charge in [0.25, 0.3) is 0 Å². The summed E-state index contributed by atoms with van der Waals surface area (Å²) in [5, 5.41) is 8.79. The number of hydrogen-bond donors (Lipinski definition) is 0. The number of fused-ring (bicyclic) bond motifs is 10. The molecule has 6 heteroatoms. The van der Waals surface area contributed by atoms with Crippen molar-refractivity contribution in [2.24, 2.45) is 0 Å². The number of rotatable bonds is 6. The molecule has 0 aliphatic rings. The smallest absolute Gasteiger partial charge is 0.164 e. The van der Waals surface area contributed by atoms with Crippen molar-refractivity contribution in [1.29, 1.82) is 0 Å². The molecule has 4 aromatic heterocycles. The molecular formula is C58H34N4O2. The molecule has 0 bridgehead atoms. The number of aromatic nitrogens is 4. The van der Waals surface area contributed by atoms with Crippen LogP contribution in [0.3, 0.4) is 0 Å². The van der Waals surface area contributed by atoms with Crippen molar-refractivity contribution < 1.29 is 8.83 Å². The van der Waals surface area contributed by atoms with E-state index in [0.717, 1.165) is 115 Å². The fourth-order valence-corrected chi connectivity index (χ4v) is 9.18. The first-order chi connectivity index (χ1) is 31.7. The molecule has 0 amide bonds. The first-order valence-electron chi connectivity index (χ1n) is 21.3. The maximum atomic E-state index is 6.55. The van der Waals surface area contributed by atoms with Gasteiger partial charge in [-0.05, 0) is 105 Å². The van der Waals surface area contributed by atoms with Gasteiger partial charge in [0, 0.05) is 67.0 Å². The minimum absolute atomic E-state index is 0.571. The van der Waals surface area contributed by atoms with Gasteiger partial charge in [-0.3, -0.25) is 4.98 Å². The predicted molar refractivity (Wildman–Crippen MR) is 260 cm³/mol. The third-order valence-corrected chi connectivity index (χ3v) is 12.4. The number of pyridine rings is 1. The summed E-state index contributed by atoms with van der Waals surface area (Å²) in [6, 6.07) is 67.5. The lowest BCUT2D eigenvalue weighted by molar-refractivity contribution is 0.672. The van der Waals surface area contributed by atoms with E-state index >= 15 is 0 Å². The third kappa shape index (κ3) is 6.03. The van der Waals surface area contributed by atoms with Crippen molar-refractivity contribution in [2.45, 2.75) is 0 Å². The van der Waals surface area contributed by atoms with Crippen LogP contribution in [-0.2, 0) is 0 Å². The van der Waals surface area contributed by atoms with Crippen LogP contribution in [0, 0.1) is 0 Å². The molecule has 0 radical (unpaired) electrons. The van der Waals surface area contributed by atoms with Crippen molar-refractivity contribution in [2.75, 3.05) is 0 Å². The van der Waals surface area contributed by atoms with E-state index in [1.807, 2.05) is 48.7 Å². The standard InChI is InChI=1S/C58H34N4O2/c1-2-12-37(13-3-1)56-60-57(41-15-8-14-38(28-41)42-16-9-27-59-34-42)62-58(61-56)45-30-43(39-21-25-52-50(32-39)48-23-19-35-10-4-6-17-46(35)54(48)63-52)29-44(31-45)40-22-26-53-51(33-40)49-24-20-36-11-5-7-18-47(36)55(49)64-53/h1-34H. The van der Waals surface area contributed by atoms with Gasteiger partial charge in [0.05, 0.1) is 0 Å². The van der Waals surface area contributed by atoms with E-state index in [1.54, 1.807) is 6.20 Å². The van der Waals surface area contributed by atoms with E-state index < -0.39 is 0 Å². The number of furan rings is 2. The Morgan fingerprint density at radius 3 is 1.38 bits per heavy atom. The Bertz CT molecular complexity index is 3790. The molecule has 0 atom stereocenters. The van der Waals surface area contributed by atoms with Crippen LogP contribution >= 0.6 is 0 Å². The average Bonchev–Trinajstić information content (AvgIpc) is 3.95. The van der Waals surface area contributed by atoms with Gasteiger partial charge in [-0.2, -0.15) is 0 Å². The Balaban J connectivity index is 1.03. The average molecular weight is 819 g/mol. The second-order valence-corrected chi connectivity index (χ2v) is 16.2. The number of nitrogens with zero attached hydrogens (tertiary/aromatic N) is 4. The van der Waals surface area contributed by atoms with Gasteiger partial charge in [-0.1, -0.05) is 127 Å². The molecule has 6 nitrogen and oxygen atoms in total. The van der Waals surface area contributed by atoms with Crippen molar-refractivity contribution >= 4 is 65.4 Å². The first kappa shape index (κ1) is 36.0. The molecule has 13 rings (SSSR count). The van der Waals surface area contributed by atoms with Crippen LogP contribution in [0.4, 0.5) is 0 Å². The van der Waals surface area contributed by atoms with E-state index in [0.29, 0.717) is 17.5 Å². The third-order valence-electron chi connectivity index (χ3n) is 12.4. The molecule has 0 N–H and O–H groups in total. The molecule has 4 heterocycles. The molecular weight excluding hydrogens is 785 g/mol. The van der Waals surface area contributed by atoms with Crippen LogP contribution in [-0.4, -0.2) is 19.9 Å². The fraction of sp³-hybridized carbons (Fsp3) is 0. The van der Waals surface area contributed by atoms with Gasteiger partial charge >= 0.3 is 0 Å². The van der Waals surface area contributed by atoms with E-state index in [1.165, 1.54) is 0 Å². The Labute approximate surface area is 366 Å². The molecule has 0 spiro atoms. The molecule has 0 saturated carbocycles. The zero-order valence-corrected chi connectivity index (χ0v) is 34.2. The minimum Gasteiger partial charge on any atom is -0.455 e. The molecule has 298 valence electrons. The number of benzene rings is 9. The highest BCUT2D eigenvalue weighted by Gasteiger charge is 2.18. The summed E-state index contributed by atoms with van der Waals surface area (Å²) in [6.45, 7) is 0. The summed E-state index contributed by atoms with van der Waals surface area (Å²) in [7, 11) is 0. The summed E-state index contributed by atoms with van der Waals surface area (Å²) in [5.41, 5.74) is 12.3. The van der Waals surface area contributed by atoms with Crippen LogP contribution in [0.5, 0.6) is 0 Å². The molecule has 9 aromatic carbocycles. The van der Waals surface area contributed by atoms with E-state index in [4.69, 9.17) is 23.8 Å². The Morgan fingerprint density at radius 2 is 0.766 bits per heavy atom. The van der Waals surface area contributed by atoms with Gasteiger partial charge in [0.2, 0.25) is 0 Å². The first-order valence-corrected chi connectivity index (χ1v) is 21.3. The lowest BCUT2D eigenvalue weighted by Crippen LogP contribution is -2.00. The highest BCUT2D eigenvalue weighted by atomic mass is 16.3. The van der Waals surface area contributed by atoms with Crippen LogP contribution in [0.25, 0.3) is 133 Å². The van der Waals surface area contributed by atoms with Crippen LogP contribution in [0.1, 0.15) is 0 Å². The van der Waals surface area contributed by atoms with Gasteiger partial charge < -0.3 is 8.83 Å². The van der Waals surface area contributed by atoms with E-state index in [-0.39, 0.29) is 0 Å². The number of hydrogen-bond acceptors (Lipinski definition) is 6. The monoisotopic (exact) mass is 818 g/mol. The zero-order valence-electron chi connectivity index (χ0n) is 34.2. The van der Waals surface area contributed by atoms with Crippen LogP contribution < -0.4 is 0 Å². The Hall–Kier alpha value is -8.74. The SMILES string of the molecule is c1ccc(-c2nc(-c3cccc(-c4cccnc4)c3)nc(-c3cc(-c4ccc5oc6c7ccccc7ccc6c5c4)cc(-c4ccc5oc6c7ccccc7ccc6c5c4)c3)n2)cc1. The molecule has 0 saturated heterocycles. The molecule has 0 aliphatic heterocycles. The van der Waals surface area contributed by atoms with Gasteiger partial charge in [-0.25, -0.2) is 15.0 Å². The Morgan fingerprint density at radius 1 is 0.281 bits per heavy atom. The largest absolute Gasteiger partial charge is 0.455 e. The summed E-state index contributed by atoms with van der Waals surface area (Å²) in [5.74, 6) is 1.75. The molecule has 0 aliphatic carbocycles. The highest BCUT2D eigenvalue weighted by molar-refractivity contribution is 6.17. The fourth-order valence-electron chi connectivity index (χ4n) is 9.18. The Kier molecular flexibility index (Phi) is 8.11. The molecule has 64 heavy (non-hydrogen) atoms. The molecule has 0 unspecified atom stereocenters. The normalized spacial score (nSPS) is 11.8. The summed E-state index contributed by atoms with van der Waals surface area (Å²) in [6.07, 6.45) is 3.66. The van der Waals surface area contributed by atoms with Crippen molar-refractivity contribution in [1.82, 2.24) is 19.9 Å². The topological polar surface area (TPSA) is 77.8 Å². The lowest BCUT2D eigenvalue weighted by Gasteiger charge is -2.13. The lowest BCUT2D eigenvalue weighted by atomic mass is 9.94. The van der Waals surface area contributed by atoms with Gasteiger partial charge in [-0.15, -0.1) is 0 Å². The zero-order chi connectivity index (χ0) is 42.1. The predicted octanol–water partition coefficient (Wildman–Crippen LogP) is 15.4. The second-order valence-electron chi connectivity index (χ2n) is 16.2. The minimum atomic E-state index is 0.571. The molecule has 13 aromatic rings. The van der Waals surface area contributed by atoms with Crippen LogP contribution in [0.15, 0.2) is 215 Å². The van der Waals surface area contributed by atoms with Crippen molar-refractivity contribution in [3.8, 4) is 67.5 Å². The summed E-state index contributed by atoms with van der Waals surface area (Å²) < 4.78 is 13.1. The summed E-state index contributed by atoms with van der Waals surface area (Å²) in [4.78, 5) is 19.9.